The van der Waals surface area contributed by atoms with Crippen molar-refractivity contribution in [3.63, 3.8) is 0 Å². The third kappa shape index (κ3) is 3.33. The zero-order chi connectivity index (χ0) is 18.0. The largest absolute Gasteiger partial charge is 0.495 e. The number of carbonyl (C=O) groups is 1. The van der Waals surface area contributed by atoms with E-state index >= 15 is 0 Å². The average Bonchev–Trinajstić information content (AvgIpc) is 2.61. The van der Waals surface area contributed by atoms with E-state index in [1.165, 1.54) is 0 Å². The van der Waals surface area contributed by atoms with Gasteiger partial charge in [0.05, 0.1) is 18.2 Å². The molecule has 0 fully saturated rings. The quantitative estimate of drug-likeness (QED) is 0.835. The first-order chi connectivity index (χ1) is 11.9. The molecule has 6 heteroatoms. The molecule has 1 amide bonds. The molecule has 0 aromatic heterocycles. The van der Waals surface area contributed by atoms with Crippen LogP contribution in [0.4, 0.5) is 11.4 Å². The Hall–Kier alpha value is -2.89. The summed E-state index contributed by atoms with van der Waals surface area (Å²) in [6.45, 7) is 4.77. The zero-order valence-corrected chi connectivity index (χ0v) is 14.6. The van der Waals surface area contributed by atoms with Gasteiger partial charge in [-0.05, 0) is 49.7 Å². The lowest BCUT2D eigenvalue weighted by Gasteiger charge is -2.26. The predicted octanol–water partition coefficient (Wildman–Crippen LogP) is 2.96. The standard InChI is InChI=1S/C19H22N2O4/c1-19(2,12-4-6-16-17(10-12)25-9-8-24-16)18(22)21-13-5-7-15(23-3)14(20)11-13/h4-7,10-11H,8-9,20H2,1-3H3,(H,21,22). The highest BCUT2D eigenvalue weighted by atomic mass is 16.6. The van der Waals surface area contributed by atoms with E-state index in [0.29, 0.717) is 41.8 Å². The monoisotopic (exact) mass is 342 g/mol. The summed E-state index contributed by atoms with van der Waals surface area (Å²) in [5.41, 5.74) is 7.07. The van der Waals surface area contributed by atoms with Crippen LogP contribution in [0.2, 0.25) is 0 Å². The molecule has 3 N–H and O–H groups in total. The molecule has 1 heterocycles. The molecule has 0 radical (unpaired) electrons. The first-order valence-corrected chi connectivity index (χ1v) is 8.07. The van der Waals surface area contributed by atoms with Gasteiger partial charge in [-0.15, -0.1) is 0 Å². The van der Waals surface area contributed by atoms with Crippen LogP contribution in [0.1, 0.15) is 19.4 Å². The topological polar surface area (TPSA) is 82.8 Å². The lowest BCUT2D eigenvalue weighted by molar-refractivity contribution is -0.120. The number of amides is 1. The summed E-state index contributed by atoms with van der Waals surface area (Å²) in [4.78, 5) is 12.8. The number of carbonyl (C=O) groups excluding carboxylic acids is 1. The summed E-state index contributed by atoms with van der Waals surface area (Å²) in [7, 11) is 1.55. The van der Waals surface area contributed by atoms with Crippen molar-refractivity contribution in [1.82, 2.24) is 0 Å². The summed E-state index contributed by atoms with van der Waals surface area (Å²) in [5.74, 6) is 1.80. The predicted molar refractivity (Wildman–Crippen MR) is 96.5 cm³/mol. The summed E-state index contributed by atoms with van der Waals surface area (Å²) in [5, 5.41) is 2.91. The summed E-state index contributed by atoms with van der Waals surface area (Å²) in [6, 6.07) is 10.7. The van der Waals surface area contributed by atoms with Crippen molar-refractivity contribution in [2.24, 2.45) is 0 Å². The van der Waals surface area contributed by atoms with Crippen molar-refractivity contribution in [3.05, 3.63) is 42.0 Å². The van der Waals surface area contributed by atoms with Gasteiger partial charge in [-0.25, -0.2) is 0 Å². The first kappa shape index (κ1) is 17.0. The lowest BCUT2D eigenvalue weighted by atomic mass is 9.83. The maximum absolute atomic E-state index is 12.8. The molecule has 0 bridgehead atoms. The minimum Gasteiger partial charge on any atom is -0.495 e. The molecular formula is C19H22N2O4. The number of anilines is 2. The van der Waals surface area contributed by atoms with Crippen LogP contribution in [0.5, 0.6) is 17.2 Å². The van der Waals surface area contributed by atoms with Gasteiger partial charge in [0.25, 0.3) is 0 Å². The Morgan fingerprint density at radius 1 is 1.12 bits per heavy atom. The smallest absolute Gasteiger partial charge is 0.234 e. The molecule has 1 aliphatic heterocycles. The SMILES string of the molecule is COc1ccc(NC(=O)C(C)(C)c2ccc3c(c2)OCCO3)cc1N. The van der Waals surface area contributed by atoms with Crippen molar-refractivity contribution in [1.29, 1.82) is 0 Å². The number of nitrogen functional groups attached to an aromatic ring is 1. The molecule has 0 atom stereocenters. The van der Waals surface area contributed by atoms with Crippen molar-refractivity contribution in [3.8, 4) is 17.2 Å². The second-order valence-corrected chi connectivity index (χ2v) is 6.39. The molecule has 0 unspecified atom stereocenters. The van der Waals surface area contributed by atoms with Crippen LogP contribution >= 0.6 is 0 Å². The minimum atomic E-state index is -0.759. The Labute approximate surface area is 146 Å². The second-order valence-electron chi connectivity index (χ2n) is 6.39. The molecule has 2 aromatic rings. The number of nitrogens with two attached hydrogens (primary N) is 1. The molecule has 3 rings (SSSR count). The molecule has 0 spiro atoms. The number of nitrogens with one attached hydrogen (secondary N) is 1. The number of hydrogen-bond acceptors (Lipinski definition) is 5. The van der Waals surface area contributed by atoms with Gasteiger partial charge in [0.1, 0.15) is 19.0 Å². The van der Waals surface area contributed by atoms with Gasteiger partial charge in [-0.3, -0.25) is 4.79 Å². The maximum atomic E-state index is 12.8. The van der Waals surface area contributed by atoms with Gasteiger partial charge < -0.3 is 25.3 Å². The highest BCUT2D eigenvalue weighted by molar-refractivity contribution is 5.99. The fourth-order valence-corrected chi connectivity index (χ4v) is 2.66. The Kier molecular flexibility index (Phi) is 4.44. The van der Waals surface area contributed by atoms with E-state index in [2.05, 4.69) is 5.32 Å². The van der Waals surface area contributed by atoms with Crippen LogP contribution in [-0.2, 0) is 10.2 Å². The van der Waals surface area contributed by atoms with Gasteiger partial charge in [-0.1, -0.05) is 6.07 Å². The molecule has 6 nitrogen and oxygen atoms in total. The van der Waals surface area contributed by atoms with Gasteiger partial charge in [0.2, 0.25) is 5.91 Å². The highest BCUT2D eigenvalue weighted by Gasteiger charge is 2.31. The van der Waals surface area contributed by atoms with E-state index in [4.69, 9.17) is 19.9 Å². The molecule has 2 aromatic carbocycles. The van der Waals surface area contributed by atoms with Crippen molar-refractivity contribution in [2.45, 2.75) is 19.3 Å². The number of benzene rings is 2. The van der Waals surface area contributed by atoms with Crippen LogP contribution in [0.25, 0.3) is 0 Å². The first-order valence-electron chi connectivity index (χ1n) is 8.07. The van der Waals surface area contributed by atoms with Gasteiger partial charge in [-0.2, -0.15) is 0 Å². The van der Waals surface area contributed by atoms with E-state index in [0.717, 1.165) is 5.56 Å². The summed E-state index contributed by atoms with van der Waals surface area (Å²) < 4.78 is 16.3. The van der Waals surface area contributed by atoms with Gasteiger partial charge in [0.15, 0.2) is 11.5 Å². The fourth-order valence-electron chi connectivity index (χ4n) is 2.66. The molecule has 0 saturated carbocycles. The number of rotatable bonds is 4. The third-order valence-corrected chi connectivity index (χ3v) is 4.32. The van der Waals surface area contributed by atoms with Crippen LogP contribution in [-0.4, -0.2) is 26.2 Å². The molecule has 1 aliphatic rings. The Morgan fingerprint density at radius 3 is 2.52 bits per heavy atom. The van der Waals surface area contributed by atoms with Crippen molar-refractivity contribution < 1.29 is 19.0 Å². The lowest BCUT2D eigenvalue weighted by Crippen LogP contribution is -2.35. The van der Waals surface area contributed by atoms with Gasteiger partial charge >= 0.3 is 0 Å². The van der Waals surface area contributed by atoms with Crippen LogP contribution in [0.3, 0.4) is 0 Å². The zero-order valence-electron chi connectivity index (χ0n) is 14.6. The fraction of sp³-hybridized carbons (Fsp3) is 0.316. The second kappa shape index (κ2) is 6.55. The van der Waals surface area contributed by atoms with E-state index in [9.17, 15) is 4.79 Å². The van der Waals surface area contributed by atoms with E-state index in [1.807, 2.05) is 32.0 Å². The summed E-state index contributed by atoms with van der Waals surface area (Å²) >= 11 is 0. The molecule has 25 heavy (non-hydrogen) atoms. The third-order valence-electron chi connectivity index (χ3n) is 4.32. The van der Waals surface area contributed by atoms with E-state index in [-0.39, 0.29) is 5.91 Å². The highest BCUT2D eigenvalue weighted by Crippen LogP contribution is 2.36. The Bertz CT molecular complexity index is 802. The number of ether oxygens (including phenoxy) is 3. The Morgan fingerprint density at radius 2 is 1.84 bits per heavy atom. The van der Waals surface area contributed by atoms with E-state index < -0.39 is 5.41 Å². The van der Waals surface area contributed by atoms with Crippen LogP contribution < -0.4 is 25.3 Å². The Balaban J connectivity index is 1.81. The minimum absolute atomic E-state index is 0.145. The molecular weight excluding hydrogens is 320 g/mol. The molecule has 0 aliphatic carbocycles. The summed E-state index contributed by atoms with van der Waals surface area (Å²) in [6.07, 6.45) is 0. The molecule has 132 valence electrons. The normalized spacial score (nSPS) is 13.2. The van der Waals surface area contributed by atoms with Crippen molar-refractivity contribution in [2.75, 3.05) is 31.4 Å². The average molecular weight is 342 g/mol. The maximum Gasteiger partial charge on any atom is 0.234 e. The molecule has 0 saturated heterocycles. The number of hydrogen-bond donors (Lipinski definition) is 2. The number of methoxy groups -OCH3 is 1. The van der Waals surface area contributed by atoms with Crippen LogP contribution in [0.15, 0.2) is 36.4 Å². The van der Waals surface area contributed by atoms with Crippen LogP contribution in [0, 0.1) is 0 Å². The van der Waals surface area contributed by atoms with Crippen molar-refractivity contribution >= 4 is 17.3 Å². The van der Waals surface area contributed by atoms with Gasteiger partial charge in [0, 0.05) is 5.69 Å². The van der Waals surface area contributed by atoms with E-state index in [1.54, 1.807) is 25.3 Å². The number of fused-ring (bicyclic) bond motifs is 1.